The quantitative estimate of drug-likeness (QED) is 0.203. The summed E-state index contributed by atoms with van der Waals surface area (Å²) in [6.45, 7) is 3.40. The van der Waals surface area contributed by atoms with E-state index in [0.29, 0.717) is 28.9 Å². The predicted molar refractivity (Wildman–Crippen MR) is 132 cm³/mol. The minimum Gasteiger partial charge on any atom is -0.361 e. The Morgan fingerprint density at radius 2 is 1.76 bits per heavy atom. The van der Waals surface area contributed by atoms with Crippen LogP contribution in [0.1, 0.15) is 17.0 Å². The molecule has 0 radical (unpaired) electrons. The Labute approximate surface area is 213 Å². The molecule has 0 saturated carbocycles. The third kappa shape index (κ3) is 4.27. The molecule has 0 atom stereocenters. The number of rotatable bonds is 5. The molecule has 8 nitrogen and oxygen atoms in total. The first kappa shape index (κ1) is 25.0. The van der Waals surface area contributed by atoms with Crippen molar-refractivity contribution in [2.24, 2.45) is 0 Å². The lowest BCUT2D eigenvalue weighted by molar-refractivity contribution is -0.137. The molecule has 0 N–H and O–H groups in total. The Balaban J connectivity index is 1.87. The minimum absolute atomic E-state index is 0.0441. The number of benzene rings is 1. The zero-order valence-corrected chi connectivity index (χ0v) is 21.2. The van der Waals surface area contributed by atoms with Crippen LogP contribution in [0.2, 0.25) is 0 Å². The summed E-state index contributed by atoms with van der Waals surface area (Å²) >= 11 is 1.07. The van der Waals surface area contributed by atoms with Crippen molar-refractivity contribution in [2.75, 3.05) is 6.26 Å². The lowest BCUT2D eigenvalue weighted by Gasteiger charge is -2.12. The summed E-state index contributed by atoms with van der Waals surface area (Å²) in [5.74, 6) is 0.466. The van der Waals surface area contributed by atoms with Crippen molar-refractivity contribution in [1.82, 2.24) is 24.1 Å². The molecule has 0 unspecified atom stereocenters. The number of fused-ring (bicyclic) bond motifs is 1. The average Bonchev–Trinajstić information content (AvgIpc) is 3.43. The van der Waals surface area contributed by atoms with E-state index in [1.54, 1.807) is 44.4 Å². The highest BCUT2D eigenvalue weighted by Gasteiger charge is 2.37. The maximum Gasteiger partial charge on any atom is 0.419 e. The smallest absolute Gasteiger partial charge is 0.361 e. The van der Waals surface area contributed by atoms with Crippen LogP contribution in [0.5, 0.6) is 0 Å². The number of pyridine rings is 1. The molecule has 37 heavy (non-hydrogen) atoms. The molecule has 5 rings (SSSR count). The number of aromatic nitrogens is 5. The summed E-state index contributed by atoms with van der Waals surface area (Å²) in [6.07, 6.45) is -1.32. The van der Waals surface area contributed by atoms with Gasteiger partial charge >= 0.3 is 6.18 Å². The lowest BCUT2D eigenvalue weighted by atomic mass is 10.1. The zero-order valence-electron chi connectivity index (χ0n) is 19.6. The van der Waals surface area contributed by atoms with Crippen molar-refractivity contribution in [2.45, 2.75) is 30.1 Å². The molecule has 13 heteroatoms. The second-order valence-electron chi connectivity index (χ2n) is 8.04. The second kappa shape index (κ2) is 8.99. The van der Waals surface area contributed by atoms with E-state index < -0.39 is 27.5 Å². The number of hydrogen-bond donors (Lipinski definition) is 0. The van der Waals surface area contributed by atoms with Gasteiger partial charge in [-0.2, -0.15) is 13.2 Å². The van der Waals surface area contributed by atoms with E-state index in [4.69, 9.17) is 4.52 Å². The van der Waals surface area contributed by atoms with Crippen LogP contribution in [0.3, 0.4) is 0 Å². The summed E-state index contributed by atoms with van der Waals surface area (Å²) in [6, 6.07) is 10.7. The van der Waals surface area contributed by atoms with Gasteiger partial charge in [0.1, 0.15) is 11.3 Å². The van der Waals surface area contributed by atoms with Crippen LogP contribution in [0.4, 0.5) is 13.2 Å². The fourth-order valence-corrected chi connectivity index (χ4v) is 5.70. The summed E-state index contributed by atoms with van der Waals surface area (Å²) in [7, 11) is -4.24. The summed E-state index contributed by atoms with van der Waals surface area (Å²) < 4.78 is 75.3. The number of halogens is 3. The molecule has 0 aliphatic carbocycles. The summed E-state index contributed by atoms with van der Waals surface area (Å²) in [5.41, 5.74) is -0.168. The Morgan fingerprint density at radius 1 is 1.03 bits per heavy atom. The van der Waals surface area contributed by atoms with Crippen LogP contribution in [0.15, 0.2) is 69.4 Å². The van der Waals surface area contributed by atoms with Gasteiger partial charge in [0, 0.05) is 23.3 Å². The average molecular weight is 546 g/mol. The molecule has 4 heterocycles. The molecule has 0 amide bonds. The van der Waals surface area contributed by atoms with E-state index in [-0.39, 0.29) is 26.6 Å². The van der Waals surface area contributed by atoms with Crippen molar-refractivity contribution in [3.05, 3.63) is 71.9 Å². The molecule has 5 aromatic rings. The standard InChI is InChI=1S/C24H18F3N5O3S2/c1-13-20(14(2)35-31-13)19-10-9-16-17(21-18(24(25,26)27)11-28-23(30-21)36-3)12-32(22(16)29-19)37(33,34)15-7-5-4-6-8-15/h4-12H,1-3H3. The van der Waals surface area contributed by atoms with E-state index in [0.717, 1.165) is 21.9 Å². The van der Waals surface area contributed by atoms with Gasteiger partial charge in [0.25, 0.3) is 10.0 Å². The highest BCUT2D eigenvalue weighted by atomic mass is 32.2. The SMILES string of the molecule is CSc1ncc(C(F)(F)F)c(-c2cn(S(=O)(=O)c3ccccc3)c3nc(-c4c(C)noc4C)ccc23)n1. The van der Waals surface area contributed by atoms with Crippen molar-refractivity contribution >= 4 is 32.8 Å². The molecule has 1 aromatic carbocycles. The van der Waals surface area contributed by atoms with Gasteiger partial charge in [0.15, 0.2) is 10.8 Å². The zero-order chi connectivity index (χ0) is 26.5. The minimum atomic E-state index is -4.77. The van der Waals surface area contributed by atoms with Gasteiger partial charge in [0.05, 0.1) is 27.5 Å². The molecule has 0 fully saturated rings. The van der Waals surface area contributed by atoms with Gasteiger partial charge < -0.3 is 4.52 Å². The third-order valence-electron chi connectivity index (χ3n) is 5.72. The number of aryl methyl sites for hydroxylation is 2. The fraction of sp³-hybridized carbons (Fsp3) is 0.167. The first-order valence-corrected chi connectivity index (χ1v) is 13.4. The summed E-state index contributed by atoms with van der Waals surface area (Å²) in [5, 5.41) is 4.20. The highest BCUT2D eigenvalue weighted by molar-refractivity contribution is 7.98. The maximum atomic E-state index is 14.0. The molecule has 0 saturated heterocycles. The number of thioether (sulfide) groups is 1. The number of hydrogen-bond acceptors (Lipinski definition) is 8. The van der Waals surface area contributed by atoms with E-state index in [1.165, 1.54) is 18.2 Å². The molecule has 190 valence electrons. The molecule has 0 aliphatic heterocycles. The van der Waals surface area contributed by atoms with E-state index in [1.807, 2.05) is 0 Å². The van der Waals surface area contributed by atoms with Crippen molar-refractivity contribution in [3.63, 3.8) is 0 Å². The second-order valence-corrected chi connectivity index (χ2v) is 10.6. The van der Waals surface area contributed by atoms with Gasteiger partial charge in [0.2, 0.25) is 0 Å². The van der Waals surface area contributed by atoms with Gasteiger partial charge in [-0.15, -0.1) is 0 Å². The fourth-order valence-electron chi connectivity index (χ4n) is 4.02. The highest BCUT2D eigenvalue weighted by Crippen LogP contribution is 2.40. The molecule has 0 spiro atoms. The van der Waals surface area contributed by atoms with Crippen LogP contribution < -0.4 is 0 Å². The Bertz CT molecular complexity index is 1730. The van der Waals surface area contributed by atoms with Gasteiger partial charge in [-0.1, -0.05) is 35.1 Å². The van der Waals surface area contributed by atoms with Gasteiger partial charge in [-0.25, -0.2) is 27.3 Å². The van der Waals surface area contributed by atoms with Gasteiger partial charge in [-0.05, 0) is 44.4 Å². The molecular weight excluding hydrogens is 527 g/mol. The van der Waals surface area contributed by atoms with Crippen LogP contribution in [-0.2, 0) is 16.2 Å². The maximum absolute atomic E-state index is 14.0. The predicted octanol–water partition coefficient (Wildman–Crippen LogP) is 5.74. The number of alkyl halides is 3. The number of nitrogens with zero attached hydrogens (tertiary/aromatic N) is 5. The van der Waals surface area contributed by atoms with Crippen LogP contribution in [0, 0.1) is 13.8 Å². The first-order chi connectivity index (χ1) is 17.5. The van der Waals surface area contributed by atoms with Gasteiger partial charge in [-0.3, -0.25) is 0 Å². The van der Waals surface area contributed by atoms with Crippen molar-refractivity contribution in [1.29, 1.82) is 0 Å². The van der Waals surface area contributed by atoms with Crippen LogP contribution in [-0.4, -0.2) is 38.8 Å². The Hall–Kier alpha value is -3.71. The third-order valence-corrected chi connectivity index (χ3v) is 7.95. The Kier molecular flexibility index (Phi) is 6.07. The normalized spacial score (nSPS) is 12.4. The first-order valence-electron chi connectivity index (χ1n) is 10.8. The lowest BCUT2D eigenvalue weighted by Crippen LogP contribution is -2.12. The molecule has 4 aromatic heterocycles. The van der Waals surface area contributed by atoms with Crippen molar-refractivity contribution in [3.8, 4) is 22.5 Å². The Morgan fingerprint density at radius 3 is 2.38 bits per heavy atom. The summed E-state index contributed by atoms with van der Waals surface area (Å²) in [4.78, 5) is 12.4. The largest absolute Gasteiger partial charge is 0.419 e. The van der Waals surface area contributed by atoms with Crippen LogP contribution >= 0.6 is 11.8 Å². The topological polar surface area (TPSA) is 104 Å². The van der Waals surface area contributed by atoms with Crippen LogP contribution in [0.25, 0.3) is 33.5 Å². The monoisotopic (exact) mass is 545 g/mol. The molecule has 0 bridgehead atoms. The van der Waals surface area contributed by atoms with E-state index in [2.05, 4.69) is 20.1 Å². The molecular formula is C24H18F3N5O3S2. The molecule has 0 aliphatic rings. The van der Waals surface area contributed by atoms with Crippen molar-refractivity contribution < 1.29 is 26.1 Å². The van der Waals surface area contributed by atoms with E-state index >= 15 is 0 Å². The van der Waals surface area contributed by atoms with E-state index in [9.17, 15) is 21.6 Å².